The summed E-state index contributed by atoms with van der Waals surface area (Å²) in [6.07, 6.45) is 0. The summed E-state index contributed by atoms with van der Waals surface area (Å²) < 4.78 is 7.20. The monoisotopic (exact) mass is 300 g/mol. The second kappa shape index (κ2) is 6.14. The maximum atomic E-state index is 11.7. The molecule has 0 saturated carbocycles. The molecule has 0 spiro atoms. The lowest BCUT2D eigenvalue weighted by Gasteiger charge is -2.04. The van der Waals surface area contributed by atoms with E-state index >= 15 is 0 Å². The molecule has 19 heavy (non-hydrogen) atoms. The van der Waals surface area contributed by atoms with Crippen LogP contribution in [0.2, 0.25) is 4.34 Å². The summed E-state index contributed by atoms with van der Waals surface area (Å²) in [7, 11) is 0. The number of esters is 1. The number of nitrogens with zero attached hydrogens (tertiary/aromatic N) is 3. The number of hydrogen-bond donors (Lipinski definition) is 1. The first kappa shape index (κ1) is 14.0. The van der Waals surface area contributed by atoms with Gasteiger partial charge >= 0.3 is 5.97 Å². The molecule has 2 rings (SSSR count). The highest BCUT2D eigenvalue weighted by Gasteiger charge is 2.20. The molecule has 2 aromatic rings. The normalized spacial score (nSPS) is 10.7. The summed E-state index contributed by atoms with van der Waals surface area (Å²) >= 11 is 7.32. The van der Waals surface area contributed by atoms with Crippen molar-refractivity contribution in [3.05, 3.63) is 32.7 Å². The number of hydrogen-bond acceptors (Lipinski definition) is 6. The average molecular weight is 301 g/mol. The second-order valence-electron chi connectivity index (χ2n) is 3.67. The molecular weight excluding hydrogens is 288 g/mol. The summed E-state index contributed by atoms with van der Waals surface area (Å²) in [5, 5.41) is 7.78. The van der Waals surface area contributed by atoms with Gasteiger partial charge in [-0.3, -0.25) is 0 Å². The Bertz CT molecular complexity index is 581. The number of aromatic nitrogens is 3. The summed E-state index contributed by atoms with van der Waals surface area (Å²) in [5.74, 6) is -0.501. The van der Waals surface area contributed by atoms with Crippen molar-refractivity contribution in [2.24, 2.45) is 5.73 Å². The van der Waals surface area contributed by atoms with Gasteiger partial charge in [0.15, 0.2) is 5.69 Å². The van der Waals surface area contributed by atoms with E-state index in [2.05, 4.69) is 10.3 Å². The largest absolute Gasteiger partial charge is 0.461 e. The minimum atomic E-state index is -0.501. The van der Waals surface area contributed by atoms with E-state index < -0.39 is 5.97 Å². The van der Waals surface area contributed by atoms with E-state index in [9.17, 15) is 4.79 Å². The Kier molecular flexibility index (Phi) is 4.52. The van der Waals surface area contributed by atoms with Crippen molar-refractivity contribution in [3.63, 3.8) is 0 Å². The maximum absolute atomic E-state index is 11.7. The van der Waals surface area contributed by atoms with E-state index in [0.717, 1.165) is 4.88 Å². The molecule has 0 atom stereocenters. The predicted octanol–water partition coefficient (Wildman–Crippen LogP) is 1.68. The Hall–Kier alpha value is -1.44. The third kappa shape index (κ3) is 3.12. The van der Waals surface area contributed by atoms with Gasteiger partial charge in [0.25, 0.3) is 0 Å². The van der Waals surface area contributed by atoms with Crippen LogP contribution in [-0.4, -0.2) is 27.6 Å². The number of nitrogens with two attached hydrogens (primary N) is 1. The average Bonchev–Trinajstić information content (AvgIpc) is 2.96. The molecule has 6 nitrogen and oxygen atoms in total. The molecule has 0 bridgehead atoms. The molecule has 0 saturated heterocycles. The molecule has 0 aromatic carbocycles. The highest BCUT2D eigenvalue weighted by atomic mass is 35.5. The van der Waals surface area contributed by atoms with Crippen LogP contribution in [0.3, 0.4) is 0 Å². The Morgan fingerprint density at radius 3 is 2.95 bits per heavy atom. The topological polar surface area (TPSA) is 83.0 Å². The van der Waals surface area contributed by atoms with Gasteiger partial charge in [0.1, 0.15) is 0 Å². The third-order valence-corrected chi connectivity index (χ3v) is 3.65. The Morgan fingerprint density at radius 1 is 1.58 bits per heavy atom. The van der Waals surface area contributed by atoms with Gasteiger partial charge in [0, 0.05) is 11.4 Å². The summed E-state index contributed by atoms with van der Waals surface area (Å²) in [5.41, 5.74) is 6.39. The van der Waals surface area contributed by atoms with Crippen LogP contribution in [0.5, 0.6) is 0 Å². The van der Waals surface area contributed by atoms with Crippen molar-refractivity contribution in [1.29, 1.82) is 0 Å². The van der Waals surface area contributed by atoms with Gasteiger partial charge in [-0.25, -0.2) is 9.48 Å². The molecule has 2 N–H and O–H groups in total. The minimum absolute atomic E-state index is 0.167. The summed E-state index contributed by atoms with van der Waals surface area (Å²) in [6.45, 7) is 2.67. The standard InChI is InChI=1S/C11H13ClN4O2S/c1-2-18-11(17)10-8(5-13)16(15-14-10)6-7-3-4-9(12)19-7/h3-4H,2,5-6,13H2,1H3. The zero-order chi connectivity index (χ0) is 13.8. The van der Waals surface area contributed by atoms with Crippen LogP contribution in [0, 0.1) is 0 Å². The van der Waals surface area contributed by atoms with E-state index in [0.29, 0.717) is 16.6 Å². The van der Waals surface area contributed by atoms with Crippen molar-refractivity contribution in [3.8, 4) is 0 Å². The maximum Gasteiger partial charge on any atom is 0.360 e. The number of halogens is 1. The molecule has 2 aromatic heterocycles. The van der Waals surface area contributed by atoms with Gasteiger partial charge in [-0.1, -0.05) is 16.8 Å². The zero-order valence-electron chi connectivity index (χ0n) is 10.3. The first-order chi connectivity index (χ1) is 9.15. The Morgan fingerprint density at radius 2 is 2.37 bits per heavy atom. The van der Waals surface area contributed by atoms with Gasteiger partial charge < -0.3 is 10.5 Å². The van der Waals surface area contributed by atoms with Gasteiger partial charge in [0.05, 0.1) is 23.2 Å². The van der Waals surface area contributed by atoms with Crippen molar-refractivity contribution in [1.82, 2.24) is 15.0 Å². The fraction of sp³-hybridized carbons (Fsp3) is 0.364. The fourth-order valence-electron chi connectivity index (χ4n) is 1.60. The lowest BCUT2D eigenvalue weighted by Crippen LogP contribution is -2.14. The molecule has 2 heterocycles. The van der Waals surface area contributed by atoms with E-state index in [1.807, 2.05) is 12.1 Å². The number of carbonyl (C=O) groups excluding carboxylic acids is 1. The van der Waals surface area contributed by atoms with Crippen molar-refractivity contribution in [2.45, 2.75) is 20.0 Å². The van der Waals surface area contributed by atoms with Crippen LogP contribution in [0.25, 0.3) is 0 Å². The number of ether oxygens (including phenoxy) is 1. The molecular formula is C11H13ClN4O2S. The van der Waals surface area contributed by atoms with Gasteiger partial charge in [-0.05, 0) is 19.1 Å². The summed E-state index contributed by atoms with van der Waals surface area (Å²) in [6, 6.07) is 3.71. The van der Waals surface area contributed by atoms with E-state index in [1.165, 1.54) is 11.3 Å². The molecule has 0 aliphatic carbocycles. The minimum Gasteiger partial charge on any atom is -0.461 e. The molecule has 0 radical (unpaired) electrons. The molecule has 8 heteroatoms. The van der Waals surface area contributed by atoms with Crippen molar-refractivity contribution >= 4 is 28.9 Å². The molecule has 0 aliphatic rings. The quantitative estimate of drug-likeness (QED) is 0.849. The lowest BCUT2D eigenvalue weighted by atomic mass is 10.3. The smallest absolute Gasteiger partial charge is 0.360 e. The first-order valence-corrected chi connectivity index (χ1v) is 6.89. The number of rotatable bonds is 5. The third-order valence-electron chi connectivity index (χ3n) is 2.43. The second-order valence-corrected chi connectivity index (χ2v) is 5.47. The zero-order valence-corrected chi connectivity index (χ0v) is 11.9. The fourth-order valence-corrected chi connectivity index (χ4v) is 2.67. The molecule has 0 unspecified atom stereocenters. The van der Waals surface area contributed by atoms with Gasteiger partial charge in [0.2, 0.25) is 0 Å². The molecule has 102 valence electrons. The van der Waals surface area contributed by atoms with Crippen LogP contribution in [0.15, 0.2) is 12.1 Å². The number of thiophene rings is 1. The van der Waals surface area contributed by atoms with Crippen molar-refractivity contribution in [2.75, 3.05) is 6.61 Å². The highest BCUT2D eigenvalue weighted by Crippen LogP contribution is 2.22. The SMILES string of the molecule is CCOC(=O)c1nnn(Cc2ccc(Cl)s2)c1CN. The van der Waals surface area contributed by atoms with Crippen LogP contribution in [-0.2, 0) is 17.8 Å². The predicted molar refractivity (Wildman–Crippen MR) is 72.3 cm³/mol. The first-order valence-electron chi connectivity index (χ1n) is 5.69. The van der Waals surface area contributed by atoms with E-state index in [4.69, 9.17) is 22.1 Å². The van der Waals surface area contributed by atoms with E-state index in [-0.39, 0.29) is 18.8 Å². The molecule has 0 aliphatic heterocycles. The van der Waals surface area contributed by atoms with Crippen LogP contribution in [0.1, 0.15) is 28.0 Å². The Balaban J connectivity index is 2.24. The molecule has 0 amide bonds. The number of carbonyl (C=O) groups is 1. The molecule has 0 fully saturated rings. The summed E-state index contributed by atoms with van der Waals surface area (Å²) in [4.78, 5) is 12.7. The van der Waals surface area contributed by atoms with Crippen molar-refractivity contribution < 1.29 is 9.53 Å². The lowest BCUT2D eigenvalue weighted by molar-refractivity contribution is 0.0518. The van der Waals surface area contributed by atoms with Crippen LogP contribution >= 0.6 is 22.9 Å². The van der Waals surface area contributed by atoms with Gasteiger partial charge in [-0.2, -0.15) is 0 Å². The Labute approximate surface area is 119 Å². The van der Waals surface area contributed by atoms with E-state index in [1.54, 1.807) is 11.6 Å². The highest BCUT2D eigenvalue weighted by molar-refractivity contribution is 7.16. The van der Waals surface area contributed by atoms with Gasteiger partial charge in [-0.15, -0.1) is 16.4 Å². The van der Waals surface area contributed by atoms with Crippen LogP contribution < -0.4 is 5.73 Å². The van der Waals surface area contributed by atoms with Crippen LogP contribution in [0.4, 0.5) is 0 Å².